The van der Waals surface area contributed by atoms with E-state index in [1.807, 2.05) is 6.08 Å². The lowest BCUT2D eigenvalue weighted by Crippen LogP contribution is -2.68. The molecule has 76 valence electrons. The van der Waals surface area contributed by atoms with Crippen LogP contribution in [0.1, 0.15) is 6.92 Å². The van der Waals surface area contributed by atoms with Gasteiger partial charge in [-0.2, -0.15) is 0 Å². The highest BCUT2D eigenvalue weighted by Crippen LogP contribution is 2.37. The summed E-state index contributed by atoms with van der Waals surface area (Å²) < 4.78 is 0. The Labute approximate surface area is 86.7 Å². The van der Waals surface area contributed by atoms with E-state index in [1.54, 1.807) is 23.7 Å². The van der Waals surface area contributed by atoms with Crippen molar-refractivity contribution in [2.75, 3.05) is 12.8 Å². The van der Waals surface area contributed by atoms with Crippen molar-refractivity contribution in [2.45, 2.75) is 18.3 Å². The highest BCUT2D eigenvalue weighted by molar-refractivity contribution is 8.00. The zero-order chi connectivity index (χ0) is 10.3. The molecule has 1 amide bonds. The highest BCUT2D eigenvalue weighted by Gasteiger charge is 2.50. The van der Waals surface area contributed by atoms with Crippen LogP contribution < -0.4 is 5.32 Å². The Kier molecular flexibility index (Phi) is 2.36. The largest absolute Gasteiger partial charge is 0.306 e. The van der Waals surface area contributed by atoms with E-state index in [0.717, 1.165) is 5.75 Å². The van der Waals surface area contributed by atoms with Crippen molar-refractivity contribution >= 4 is 23.5 Å². The number of rotatable bonds is 2. The summed E-state index contributed by atoms with van der Waals surface area (Å²) in [5.74, 6) is 0.783. The van der Waals surface area contributed by atoms with Crippen molar-refractivity contribution in [1.82, 2.24) is 10.2 Å². The lowest BCUT2D eigenvalue weighted by Gasteiger charge is -2.48. The average Bonchev–Trinajstić information content (AvgIpc) is 2.16. The number of likely N-dealkylation sites (N-methyl/N-ethyl adjacent to an activating group) is 1. The van der Waals surface area contributed by atoms with Crippen LogP contribution in [0, 0.1) is 0 Å². The summed E-state index contributed by atoms with van der Waals surface area (Å²) in [5, 5.41) is 3.07. The first-order valence-corrected chi connectivity index (χ1v) is 5.54. The van der Waals surface area contributed by atoms with Crippen molar-refractivity contribution in [3.63, 3.8) is 0 Å². The van der Waals surface area contributed by atoms with Gasteiger partial charge in [0, 0.05) is 12.7 Å². The number of carbonyl (C=O) groups excluding carboxylic acids is 2. The monoisotopic (exact) mass is 212 g/mol. The number of allylic oxidation sites excluding steroid dienone is 1. The molecule has 1 N–H and O–H groups in total. The second kappa shape index (κ2) is 3.40. The summed E-state index contributed by atoms with van der Waals surface area (Å²) >= 11 is 1.68. The summed E-state index contributed by atoms with van der Waals surface area (Å²) in [6.07, 6.45) is 1.83. The minimum atomic E-state index is -0.122. The average molecular weight is 212 g/mol. The number of carbonyl (C=O) groups is 2. The van der Waals surface area contributed by atoms with E-state index in [4.69, 9.17) is 0 Å². The van der Waals surface area contributed by atoms with Gasteiger partial charge < -0.3 is 5.32 Å². The standard InChI is InChI=1S/C9H12N2O2S/c1-5(12)6-3-4-14-9-7(10-2)8(13)11(6)9/h3,7,9-10H,4H2,1-2H3. The summed E-state index contributed by atoms with van der Waals surface area (Å²) in [5.41, 5.74) is 0.560. The fourth-order valence-corrected chi connectivity index (χ4v) is 3.06. The molecule has 0 aromatic heterocycles. The third-order valence-corrected chi connectivity index (χ3v) is 3.70. The molecule has 2 atom stereocenters. The molecule has 2 aliphatic rings. The first-order chi connectivity index (χ1) is 6.66. The van der Waals surface area contributed by atoms with Gasteiger partial charge in [-0.25, -0.2) is 0 Å². The Balaban J connectivity index is 2.23. The molecule has 4 nitrogen and oxygen atoms in total. The Bertz CT molecular complexity index is 327. The summed E-state index contributed by atoms with van der Waals surface area (Å²) in [7, 11) is 1.77. The fraction of sp³-hybridized carbons (Fsp3) is 0.556. The van der Waals surface area contributed by atoms with Crippen LogP contribution in [0.5, 0.6) is 0 Å². The first kappa shape index (κ1) is 9.73. The van der Waals surface area contributed by atoms with E-state index in [0.29, 0.717) is 5.70 Å². The van der Waals surface area contributed by atoms with E-state index in [-0.39, 0.29) is 23.1 Å². The maximum absolute atomic E-state index is 11.6. The lowest BCUT2D eigenvalue weighted by molar-refractivity contribution is -0.144. The van der Waals surface area contributed by atoms with Gasteiger partial charge in [0.15, 0.2) is 5.78 Å². The van der Waals surface area contributed by atoms with Crippen LogP contribution in [-0.4, -0.2) is 40.8 Å². The highest BCUT2D eigenvalue weighted by atomic mass is 32.2. The van der Waals surface area contributed by atoms with Crippen LogP contribution in [0.15, 0.2) is 11.8 Å². The molecular weight excluding hydrogens is 200 g/mol. The molecule has 14 heavy (non-hydrogen) atoms. The molecule has 0 aromatic rings. The molecule has 5 heteroatoms. The van der Waals surface area contributed by atoms with Crippen molar-refractivity contribution in [2.24, 2.45) is 0 Å². The summed E-state index contributed by atoms with van der Waals surface area (Å²) in [4.78, 5) is 24.4. The predicted octanol–water partition coefficient (Wildman–Crippen LogP) is -0.0376. The van der Waals surface area contributed by atoms with Gasteiger partial charge in [-0.3, -0.25) is 14.5 Å². The number of hydrogen-bond acceptors (Lipinski definition) is 4. The first-order valence-electron chi connectivity index (χ1n) is 4.50. The number of thioether (sulfide) groups is 1. The van der Waals surface area contributed by atoms with E-state index >= 15 is 0 Å². The van der Waals surface area contributed by atoms with Crippen LogP contribution >= 0.6 is 11.8 Å². The van der Waals surface area contributed by atoms with Crippen molar-refractivity contribution in [3.05, 3.63) is 11.8 Å². The molecular formula is C9H12N2O2S. The van der Waals surface area contributed by atoms with E-state index in [9.17, 15) is 9.59 Å². The van der Waals surface area contributed by atoms with Gasteiger partial charge in [0.25, 0.3) is 0 Å². The minimum absolute atomic E-state index is 0.00569. The third kappa shape index (κ3) is 1.19. The fourth-order valence-electron chi connectivity index (χ4n) is 1.79. The topological polar surface area (TPSA) is 49.4 Å². The zero-order valence-electron chi connectivity index (χ0n) is 8.11. The molecule has 2 rings (SSSR count). The number of β-lactam (4-membered cyclic amide) rings is 1. The smallest absolute Gasteiger partial charge is 0.248 e. The maximum atomic E-state index is 11.6. The van der Waals surface area contributed by atoms with Crippen LogP contribution in [0.3, 0.4) is 0 Å². The Hall–Kier alpha value is -0.810. The van der Waals surface area contributed by atoms with Gasteiger partial charge in [-0.1, -0.05) is 0 Å². The predicted molar refractivity (Wildman–Crippen MR) is 54.7 cm³/mol. The SMILES string of the molecule is CNC1C(=O)N2C(C(C)=O)=CCSC12. The van der Waals surface area contributed by atoms with E-state index in [1.165, 1.54) is 6.92 Å². The molecule has 2 aliphatic heterocycles. The lowest BCUT2D eigenvalue weighted by atomic mass is 10.0. The van der Waals surface area contributed by atoms with Gasteiger partial charge in [-0.15, -0.1) is 11.8 Å². The quantitative estimate of drug-likeness (QED) is 0.653. The number of Topliss-reactive ketones (excluding diaryl/α,β-unsaturated/α-hetero) is 1. The molecule has 0 aliphatic carbocycles. The summed E-state index contributed by atoms with van der Waals surface area (Å²) in [6.45, 7) is 1.50. The van der Waals surface area contributed by atoms with Crippen LogP contribution in [0.2, 0.25) is 0 Å². The van der Waals surface area contributed by atoms with Crippen molar-refractivity contribution in [1.29, 1.82) is 0 Å². The third-order valence-electron chi connectivity index (χ3n) is 2.52. The molecule has 2 heterocycles. The van der Waals surface area contributed by atoms with Gasteiger partial charge in [0.05, 0.1) is 5.70 Å². The molecule has 0 radical (unpaired) electrons. The van der Waals surface area contributed by atoms with Crippen LogP contribution in [0.4, 0.5) is 0 Å². The molecule has 0 saturated carbocycles. The normalized spacial score (nSPS) is 30.6. The Morgan fingerprint density at radius 1 is 1.71 bits per heavy atom. The molecule has 0 spiro atoms. The number of ketones is 1. The molecule has 1 fully saturated rings. The Morgan fingerprint density at radius 3 is 3.00 bits per heavy atom. The van der Waals surface area contributed by atoms with Crippen LogP contribution in [-0.2, 0) is 9.59 Å². The zero-order valence-corrected chi connectivity index (χ0v) is 8.93. The Morgan fingerprint density at radius 2 is 2.43 bits per heavy atom. The van der Waals surface area contributed by atoms with Gasteiger partial charge >= 0.3 is 0 Å². The maximum Gasteiger partial charge on any atom is 0.248 e. The van der Waals surface area contributed by atoms with Crippen LogP contribution in [0.25, 0.3) is 0 Å². The second-order valence-electron chi connectivity index (χ2n) is 3.34. The number of nitrogens with zero attached hydrogens (tertiary/aromatic N) is 1. The number of hydrogen-bond donors (Lipinski definition) is 1. The number of amides is 1. The van der Waals surface area contributed by atoms with E-state index < -0.39 is 0 Å². The number of fused-ring (bicyclic) bond motifs is 1. The van der Waals surface area contributed by atoms with Gasteiger partial charge in [-0.05, 0) is 13.1 Å². The summed E-state index contributed by atoms with van der Waals surface area (Å²) in [6, 6.07) is -0.122. The van der Waals surface area contributed by atoms with Gasteiger partial charge in [0.1, 0.15) is 11.4 Å². The molecule has 0 aromatic carbocycles. The van der Waals surface area contributed by atoms with Gasteiger partial charge in [0.2, 0.25) is 5.91 Å². The van der Waals surface area contributed by atoms with E-state index in [2.05, 4.69) is 5.32 Å². The molecule has 2 unspecified atom stereocenters. The molecule has 0 bridgehead atoms. The minimum Gasteiger partial charge on any atom is -0.306 e. The van der Waals surface area contributed by atoms with Crippen molar-refractivity contribution < 1.29 is 9.59 Å². The van der Waals surface area contributed by atoms with Crippen molar-refractivity contribution in [3.8, 4) is 0 Å². The second-order valence-corrected chi connectivity index (χ2v) is 4.49. The molecule has 1 saturated heterocycles. The number of nitrogens with one attached hydrogen (secondary N) is 1.